The summed E-state index contributed by atoms with van der Waals surface area (Å²) in [5.74, 6) is -1.43. The Labute approximate surface area is 226 Å². The van der Waals surface area contributed by atoms with Gasteiger partial charge in [0.25, 0.3) is 0 Å². The van der Waals surface area contributed by atoms with E-state index in [2.05, 4.69) is 0 Å². The maximum absolute atomic E-state index is 14.3. The van der Waals surface area contributed by atoms with Gasteiger partial charge in [0.05, 0.1) is 19.7 Å². The third-order valence-electron chi connectivity index (χ3n) is 6.02. The number of halogens is 3. The number of methoxy groups -OCH3 is 2. The Balaban J connectivity index is 2.51. The van der Waals surface area contributed by atoms with E-state index in [1.165, 1.54) is 39.6 Å². The summed E-state index contributed by atoms with van der Waals surface area (Å²) in [5.41, 5.74) is -5.84. The van der Waals surface area contributed by atoms with Gasteiger partial charge in [0.15, 0.2) is 0 Å². The molecule has 0 fully saturated rings. The molecular weight excluding hydrogens is 537 g/mol. The molecule has 0 aliphatic rings. The first-order valence-electron chi connectivity index (χ1n) is 12.1. The van der Waals surface area contributed by atoms with Gasteiger partial charge in [0.1, 0.15) is 29.0 Å². The zero-order valence-corrected chi connectivity index (χ0v) is 23.9. The first-order valence-corrected chi connectivity index (χ1v) is 13.6. The van der Waals surface area contributed by atoms with E-state index in [1.807, 2.05) is 0 Å². The Morgan fingerprint density at radius 1 is 0.949 bits per heavy atom. The number of aromatic nitrogens is 1. The van der Waals surface area contributed by atoms with Gasteiger partial charge in [-0.2, -0.15) is 21.6 Å². The predicted molar refractivity (Wildman–Crippen MR) is 143 cm³/mol. The summed E-state index contributed by atoms with van der Waals surface area (Å²) >= 11 is 0. The standard InChI is InChI=1S/C27H33F3N2O6S/c1-16(2)23(25(33)38-26(4,5)6)32(39(34,35)27(28,29)30)24-17(3)21-15-20(37-8)13-14-22(21)31(24)18-9-11-19(36-7)12-10-18/h9-16,23H,1-8H3/t23-/m0/s1. The number of rotatable bonds is 8. The number of anilines is 1. The van der Waals surface area contributed by atoms with Crippen molar-refractivity contribution in [1.29, 1.82) is 0 Å². The molecule has 1 aromatic heterocycles. The van der Waals surface area contributed by atoms with Crippen LogP contribution in [-0.4, -0.2) is 50.3 Å². The fourth-order valence-corrected chi connectivity index (χ4v) is 5.60. The number of esters is 1. The highest BCUT2D eigenvalue weighted by molar-refractivity contribution is 7.93. The van der Waals surface area contributed by atoms with E-state index in [0.29, 0.717) is 28.1 Å². The number of benzene rings is 2. The molecule has 3 rings (SSSR count). The van der Waals surface area contributed by atoms with E-state index in [-0.39, 0.29) is 15.7 Å². The summed E-state index contributed by atoms with van der Waals surface area (Å²) in [4.78, 5) is 13.4. The van der Waals surface area contributed by atoms with Crippen LogP contribution in [0.15, 0.2) is 42.5 Å². The first kappa shape index (κ1) is 30.1. The average Bonchev–Trinajstić information content (AvgIpc) is 3.11. The normalized spacial score (nSPS) is 13.4. The van der Waals surface area contributed by atoms with Crippen molar-refractivity contribution in [2.75, 3.05) is 18.5 Å². The van der Waals surface area contributed by atoms with Crippen LogP contribution in [0.3, 0.4) is 0 Å². The van der Waals surface area contributed by atoms with Crippen LogP contribution in [0, 0.1) is 12.8 Å². The van der Waals surface area contributed by atoms with Crippen molar-refractivity contribution in [1.82, 2.24) is 4.57 Å². The fourth-order valence-electron chi connectivity index (χ4n) is 4.30. The summed E-state index contributed by atoms with van der Waals surface area (Å²) < 4.78 is 87.1. The van der Waals surface area contributed by atoms with Gasteiger partial charge in [-0.15, -0.1) is 0 Å². The van der Waals surface area contributed by atoms with Crippen molar-refractivity contribution in [2.24, 2.45) is 5.92 Å². The van der Waals surface area contributed by atoms with Crippen LogP contribution in [0.25, 0.3) is 16.6 Å². The minimum Gasteiger partial charge on any atom is -0.497 e. The highest BCUT2D eigenvalue weighted by Gasteiger charge is 2.56. The highest BCUT2D eigenvalue weighted by atomic mass is 32.2. The third-order valence-corrected chi connectivity index (χ3v) is 7.52. The van der Waals surface area contributed by atoms with Crippen molar-refractivity contribution >= 4 is 32.7 Å². The largest absolute Gasteiger partial charge is 0.516 e. The molecule has 8 nitrogen and oxygen atoms in total. The minimum atomic E-state index is -6.11. The minimum absolute atomic E-state index is 0.164. The molecule has 0 bridgehead atoms. The van der Waals surface area contributed by atoms with Gasteiger partial charge >= 0.3 is 21.5 Å². The Morgan fingerprint density at radius 3 is 1.95 bits per heavy atom. The molecule has 0 saturated heterocycles. The number of carbonyl (C=O) groups is 1. The summed E-state index contributed by atoms with van der Waals surface area (Å²) in [5, 5.41) is 0.439. The summed E-state index contributed by atoms with van der Waals surface area (Å²) in [7, 11) is -3.20. The Morgan fingerprint density at radius 2 is 1.49 bits per heavy atom. The zero-order chi connectivity index (χ0) is 29.5. The lowest BCUT2D eigenvalue weighted by molar-refractivity contribution is -0.157. The van der Waals surface area contributed by atoms with Gasteiger partial charge in [0, 0.05) is 16.6 Å². The van der Waals surface area contributed by atoms with E-state index in [1.54, 1.807) is 63.2 Å². The van der Waals surface area contributed by atoms with Gasteiger partial charge < -0.3 is 14.2 Å². The number of hydrogen-bond acceptors (Lipinski definition) is 6. The molecular formula is C27H33F3N2O6S. The second kappa shape index (κ2) is 10.6. The molecule has 0 unspecified atom stereocenters. The average molecular weight is 571 g/mol. The number of fused-ring (bicyclic) bond motifs is 1. The Bertz CT molecular complexity index is 1460. The van der Waals surface area contributed by atoms with Crippen molar-refractivity contribution in [3.8, 4) is 17.2 Å². The lowest BCUT2D eigenvalue weighted by atomic mass is 10.0. The summed E-state index contributed by atoms with van der Waals surface area (Å²) in [6.45, 7) is 9.09. The van der Waals surface area contributed by atoms with Crippen LogP contribution < -0.4 is 13.8 Å². The maximum atomic E-state index is 14.3. The number of ether oxygens (including phenoxy) is 3. The van der Waals surface area contributed by atoms with Crippen LogP contribution in [0.5, 0.6) is 11.5 Å². The third kappa shape index (κ3) is 5.80. The van der Waals surface area contributed by atoms with Crippen LogP contribution in [-0.2, 0) is 19.6 Å². The molecule has 0 radical (unpaired) electrons. The van der Waals surface area contributed by atoms with Crippen LogP contribution >= 0.6 is 0 Å². The quantitative estimate of drug-likeness (QED) is 0.310. The molecule has 0 spiro atoms. The van der Waals surface area contributed by atoms with Gasteiger partial charge in [0.2, 0.25) is 0 Å². The first-order chi connectivity index (χ1) is 17.9. The van der Waals surface area contributed by atoms with Crippen LogP contribution in [0.2, 0.25) is 0 Å². The number of aryl methyl sites for hydroxylation is 1. The topological polar surface area (TPSA) is 87.1 Å². The molecule has 12 heteroatoms. The van der Waals surface area contributed by atoms with Gasteiger partial charge in [-0.05, 0) is 76.1 Å². The second-order valence-corrected chi connectivity index (χ2v) is 12.1. The molecule has 0 aliphatic carbocycles. The molecule has 214 valence electrons. The molecule has 0 aliphatic heterocycles. The molecule has 1 atom stereocenters. The van der Waals surface area contributed by atoms with E-state index >= 15 is 0 Å². The lowest BCUT2D eigenvalue weighted by Crippen LogP contribution is -2.54. The number of hydrogen-bond donors (Lipinski definition) is 0. The van der Waals surface area contributed by atoms with Gasteiger partial charge in [-0.25, -0.2) is 9.10 Å². The van der Waals surface area contributed by atoms with Crippen molar-refractivity contribution < 1.29 is 40.6 Å². The molecule has 0 saturated carbocycles. The van der Waals surface area contributed by atoms with Crippen molar-refractivity contribution in [3.63, 3.8) is 0 Å². The Kier molecular flexibility index (Phi) is 8.21. The van der Waals surface area contributed by atoms with Crippen molar-refractivity contribution in [2.45, 2.75) is 58.7 Å². The van der Waals surface area contributed by atoms with Gasteiger partial charge in [-0.3, -0.25) is 4.57 Å². The smallest absolute Gasteiger partial charge is 0.497 e. The number of nitrogens with zero attached hydrogens (tertiary/aromatic N) is 2. The number of carbonyl (C=O) groups excluding carboxylic acids is 1. The molecule has 39 heavy (non-hydrogen) atoms. The number of alkyl halides is 3. The van der Waals surface area contributed by atoms with E-state index in [4.69, 9.17) is 14.2 Å². The van der Waals surface area contributed by atoms with E-state index in [9.17, 15) is 26.4 Å². The molecule has 2 aromatic carbocycles. The molecule has 0 N–H and O–H groups in total. The number of sulfonamides is 1. The van der Waals surface area contributed by atoms with Crippen molar-refractivity contribution in [3.05, 3.63) is 48.0 Å². The molecule has 0 amide bonds. The molecule has 1 heterocycles. The predicted octanol–water partition coefficient (Wildman–Crippen LogP) is 5.98. The molecule has 3 aromatic rings. The maximum Gasteiger partial charge on any atom is 0.516 e. The summed E-state index contributed by atoms with van der Waals surface area (Å²) in [6, 6.07) is 9.36. The SMILES string of the molecule is COc1ccc(-n2c(N([C@H](C(=O)OC(C)(C)C)C(C)C)S(=O)(=O)C(F)(F)F)c(C)c3cc(OC)ccc32)cc1. The van der Waals surface area contributed by atoms with Gasteiger partial charge in [-0.1, -0.05) is 13.8 Å². The second-order valence-electron chi connectivity index (χ2n) is 10.3. The monoisotopic (exact) mass is 570 g/mol. The summed E-state index contributed by atoms with van der Waals surface area (Å²) in [6.07, 6.45) is 0. The lowest BCUT2D eigenvalue weighted by Gasteiger charge is -2.36. The fraction of sp³-hybridized carbons (Fsp3) is 0.444. The van der Waals surface area contributed by atoms with E-state index < -0.39 is 39.1 Å². The van der Waals surface area contributed by atoms with Crippen LogP contribution in [0.4, 0.5) is 19.0 Å². The van der Waals surface area contributed by atoms with E-state index in [0.717, 1.165) is 0 Å². The Hall–Kier alpha value is -3.41. The zero-order valence-electron chi connectivity index (χ0n) is 23.1. The highest BCUT2D eigenvalue weighted by Crippen LogP contribution is 2.43. The van der Waals surface area contributed by atoms with Crippen LogP contribution in [0.1, 0.15) is 40.2 Å².